The summed E-state index contributed by atoms with van der Waals surface area (Å²) in [5.74, 6) is 0.849. The monoisotopic (exact) mass is 252 g/mol. The number of unbranched alkanes of at least 4 members (excludes halogenated alkanes) is 7. The maximum atomic E-state index is 10.0. The third-order valence-corrected chi connectivity index (χ3v) is 3.59. The smallest absolute Gasteiger partial charge is 0.106 e. The van der Waals surface area contributed by atoms with Gasteiger partial charge in [0.2, 0.25) is 0 Å². The lowest BCUT2D eigenvalue weighted by atomic mass is 10.0. The standard InChI is InChI=1S/C16H28O2/c1-3-4-5-6-7-8-9-10-11-16(17)15-12-13-18-14(15)2/h12-13,16-17H,3-11H2,1-2H3. The number of rotatable bonds is 10. The van der Waals surface area contributed by atoms with E-state index in [2.05, 4.69) is 6.92 Å². The summed E-state index contributed by atoms with van der Waals surface area (Å²) in [5.41, 5.74) is 0.956. The van der Waals surface area contributed by atoms with Crippen molar-refractivity contribution < 1.29 is 9.52 Å². The maximum Gasteiger partial charge on any atom is 0.106 e. The molecule has 0 aliphatic carbocycles. The molecule has 2 heteroatoms. The first-order chi connectivity index (χ1) is 8.75. The maximum absolute atomic E-state index is 10.0. The van der Waals surface area contributed by atoms with Crippen LogP contribution in [0.5, 0.6) is 0 Å². The fourth-order valence-electron chi connectivity index (χ4n) is 2.37. The van der Waals surface area contributed by atoms with Gasteiger partial charge in [-0.05, 0) is 19.4 Å². The SMILES string of the molecule is CCCCCCCCCCC(O)c1ccoc1C. The number of aliphatic hydroxyl groups excluding tert-OH is 1. The van der Waals surface area contributed by atoms with Crippen molar-refractivity contribution in [2.24, 2.45) is 0 Å². The molecule has 1 heterocycles. The van der Waals surface area contributed by atoms with Crippen LogP contribution in [-0.4, -0.2) is 5.11 Å². The van der Waals surface area contributed by atoms with Crippen LogP contribution in [0.1, 0.15) is 82.1 Å². The normalized spacial score (nSPS) is 12.8. The van der Waals surface area contributed by atoms with Crippen LogP contribution in [0.3, 0.4) is 0 Å². The molecule has 104 valence electrons. The second kappa shape index (κ2) is 9.21. The molecule has 0 radical (unpaired) electrons. The molecule has 0 aromatic carbocycles. The second-order valence-corrected chi connectivity index (χ2v) is 5.21. The first-order valence-corrected chi connectivity index (χ1v) is 7.47. The van der Waals surface area contributed by atoms with Gasteiger partial charge in [0.15, 0.2) is 0 Å². The van der Waals surface area contributed by atoms with Gasteiger partial charge in [-0.25, -0.2) is 0 Å². The van der Waals surface area contributed by atoms with Crippen LogP contribution in [0.25, 0.3) is 0 Å². The molecule has 0 saturated carbocycles. The summed E-state index contributed by atoms with van der Waals surface area (Å²) in [6.07, 6.45) is 12.6. The summed E-state index contributed by atoms with van der Waals surface area (Å²) in [7, 11) is 0. The molecule has 18 heavy (non-hydrogen) atoms. The van der Waals surface area contributed by atoms with Crippen molar-refractivity contribution in [3.8, 4) is 0 Å². The molecule has 1 aromatic heterocycles. The molecule has 0 bridgehead atoms. The molecular formula is C16H28O2. The fourth-order valence-corrected chi connectivity index (χ4v) is 2.37. The van der Waals surface area contributed by atoms with E-state index in [-0.39, 0.29) is 6.10 Å². The summed E-state index contributed by atoms with van der Waals surface area (Å²) in [5, 5.41) is 10.0. The number of aliphatic hydroxyl groups is 1. The van der Waals surface area contributed by atoms with Crippen LogP contribution in [0.2, 0.25) is 0 Å². The molecule has 0 aliphatic heterocycles. The average molecular weight is 252 g/mol. The van der Waals surface area contributed by atoms with Crippen molar-refractivity contribution in [2.75, 3.05) is 0 Å². The van der Waals surface area contributed by atoms with E-state index < -0.39 is 0 Å². The van der Waals surface area contributed by atoms with E-state index in [0.717, 1.165) is 24.2 Å². The summed E-state index contributed by atoms with van der Waals surface area (Å²) in [6, 6.07) is 1.88. The summed E-state index contributed by atoms with van der Waals surface area (Å²) in [4.78, 5) is 0. The van der Waals surface area contributed by atoms with Crippen molar-refractivity contribution >= 4 is 0 Å². The third kappa shape index (κ3) is 5.72. The Balaban J connectivity index is 1.99. The van der Waals surface area contributed by atoms with Crippen LogP contribution in [-0.2, 0) is 0 Å². The molecule has 1 rings (SSSR count). The fraction of sp³-hybridized carbons (Fsp3) is 0.750. The van der Waals surface area contributed by atoms with Gasteiger partial charge in [0.1, 0.15) is 5.76 Å². The highest BCUT2D eigenvalue weighted by Gasteiger charge is 2.11. The summed E-state index contributed by atoms with van der Waals surface area (Å²) >= 11 is 0. The molecular weight excluding hydrogens is 224 g/mol. The van der Waals surface area contributed by atoms with Crippen molar-refractivity contribution in [1.82, 2.24) is 0 Å². The Hall–Kier alpha value is -0.760. The number of furan rings is 1. The van der Waals surface area contributed by atoms with Crippen LogP contribution in [0.15, 0.2) is 16.7 Å². The summed E-state index contributed by atoms with van der Waals surface area (Å²) in [6.45, 7) is 4.16. The molecule has 1 unspecified atom stereocenters. The lowest BCUT2D eigenvalue weighted by Gasteiger charge is -2.09. The first-order valence-electron chi connectivity index (χ1n) is 7.47. The Labute approximate surface area is 111 Å². The van der Waals surface area contributed by atoms with Crippen molar-refractivity contribution in [3.05, 3.63) is 23.7 Å². The molecule has 1 atom stereocenters. The number of aryl methyl sites for hydroxylation is 1. The topological polar surface area (TPSA) is 33.4 Å². The highest BCUT2D eigenvalue weighted by Crippen LogP contribution is 2.23. The van der Waals surface area contributed by atoms with Crippen LogP contribution in [0.4, 0.5) is 0 Å². The van der Waals surface area contributed by atoms with Gasteiger partial charge in [-0.15, -0.1) is 0 Å². The minimum atomic E-state index is -0.344. The third-order valence-electron chi connectivity index (χ3n) is 3.59. The van der Waals surface area contributed by atoms with Gasteiger partial charge in [-0.1, -0.05) is 58.3 Å². The van der Waals surface area contributed by atoms with Crippen LogP contribution in [0, 0.1) is 6.92 Å². The molecule has 0 aliphatic rings. The van der Waals surface area contributed by atoms with Gasteiger partial charge in [0, 0.05) is 5.56 Å². The minimum absolute atomic E-state index is 0.344. The molecule has 2 nitrogen and oxygen atoms in total. The van der Waals surface area contributed by atoms with Gasteiger partial charge in [0.05, 0.1) is 12.4 Å². The van der Waals surface area contributed by atoms with Crippen LogP contribution < -0.4 is 0 Å². The molecule has 1 N–H and O–H groups in total. The lowest BCUT2D eigenvalue weighted by molar-refractivity contribution is 0.161. The van der Waals surface area contributed by atoms with E-state index in [1.807, 2.05) is 13.0 Å². The molecule has 0 spiro atoms. The van der Waals surface area contributed by atoms with Gasteiger partial charge in [-0.3, -0.25) is 0 Å². The zero-order chi connectivity index (χ0) is 13.2. The van der Waals surface area contributed by atoms with E-state index in [1.165, 1.54) is 44.9 Å². The zero-order valence-corrected chi connectivity index (χ0v) is 12.0. The van der Waals surface area contributed by atoms with Crippen molar-refractivity contribution in [1.29, 1.82) is 0 Å². The Kier molecular flexibility index (Phi) is 7.83. The predicted molar refractivity (Wildman–Crippen MR) is 75.6 cm³/mol. The molecule has 0 amide bonds. The predicted octanol–water partition coefficient (Wildman–Crippen LogP) is 5.15. The van der Waals surface area contributed by atoms with Crippen molar-refractivity contribution in [2.45, 2.75) is 77.7 Å². The largest absolute Gasteiger partial charge is 0.469 e. The molecule has 1 aromatic rings. The Bertz CT molecular complexity index is 304. The Morgan fingerprint density at radius 2 is 1.67 bits per heavy atom. The summed E-state index contributed by atoms with van der Waals surface area (Å²) < 4.78 is 5.21. The van der Waals surface area contributed by atoms with Gasteiger partial charge in [-0.2, -0.15) is 0 Å². The Morgan fingerprint density at radius 3 is 2.22 bits per heavy atom. The Morgan fingerprint density at radius 1 is 1.06 bits per heavy atom. The quantitative estimate of drug-likeness (QED) is 0.584. The molecule has 0 saturated heterocycles. The van der Waals surface area contributed by atoms with Gasteiger partial charge >= 0.3 is 0 Å². The zero-order valence-electron chi connectivity index (χ0n) is 12.0. The van der Waals surface area contributed by atoms with Crippen molar-refractivity contribution in [3.63, 3.8) is 0 Å². The first kappa shape index (κ1) is 15.3. The minimum Gasteiger partial charge on any atom is -0.469 e. The van der Waals surface area contributed by atoms with E-state index in [0.29, 0.717) is 0 Å². The van der Waals surface area contributed by atoms with E-state index >= 15 is 0 Å². The average Bonchev–Trinajstić information content (AvgIpc) is 2.79. The van der Waals surface area contributed by atoms with E-state index in [1.54, 1.807) is 6.26 Å². The van der Waals surface area contributed by atoms with E-state index in [9.17, 15) is 5.11 Å². The highest BCUT2D eigenvalue weighted by molar-refractivity contribution is 5.18. The second-order valence-electron chi connectivity index (χ2n) is 5.21. The van der Waals surface area contributed by atoms with Crippen LogP contribution >= 0.6 is 0 Å². The lowest BCUT2D eigenvalue weighted by Crippen LogP contribution is -1.97. The number of hydrogen-bond donors (Lipinski definition) is 1. The van der Waals surface area contributed by atoms with E-state index in [4.69, 9.17) is 4.42 Å². The number of hydrogen-bond acceptors (Lipinski definition) is 2. The van der Waals surface area contributed by atoms with Gasteiger partial charge < -0.3 is 9.52 Å². The van der Waals surface area contributed by atoms with Gasteiger partial charge in [0.25, 0.3) is 0 Å². The molecule has 0 fully saturated rings. The highest BCUT2D eigenvalue weighted by atomic mass is 16.3.